The number of likely N-dealkylation sites (N-methyl/N-ethyl adjacent to an activating group) is 1. The SMILES string of the molecule is C[C@H]1CN([C@@H](C)CO)C(=O)c2cc(NC(=O)CCC(F)(F)F)ccc2O[C@@H]1CN(C)C(=O)NC1CCCCC1. The zero-order valence-corrected chi connectivity index (χ0v) is 22.7. The topological polar surface area (TPSA) is 111 Å². The molecule has 1 heterocycles. The third-order valence-electron chi connectivity index (χ3n) is 7.32. The highest BCUT2D eigenvalue weighted by Crippen LogP contribution is 2.31. The number of hydrogen-bond acceptors (Lipinski definition) is 5. The number of rotatable bonds is 8. The molecule has 0 unspecified atom stereocenters. The number of anilines is 1. The third-order valence-corrected chi connectivity index (χ3v) is 7.32. The van der Waals surface area contributed by atoms with E-state index in [0.29, 0.717) is 0 Å². The van der Waals surface area contributed by atoms with Crippen LogP contribution in [0.25, 0.3) is 0 Å². The maximum absolute atomic E-state index is 13.5. The second-order valence-corrected chi connectivity index (χ2v) is 10.7. The molecule has 2 aliphatic rings. The highest BCUT2D eigenvalue weighted by atomic mass is 19.4. The minimum Gasteiger partial charge on any atom is -0.487 e. The smallest absolute Gasteiger partial charge is 0.389 e. The maximum Gasteiger partial charge on any atom is 0.389 e. The minimum absolute atomic E-state index is 0.107. The first kappa shape index (κ1) is 30.5. The molecule has 0 saturated heterocycles. The van der Waals surface area contributed by atoms with Crippen LogP contribution in [-0.4, -0.2) is 83.9 Å². The largest absolute Gasteiger partial charge is 0.487 e. The number of aliphatic hydroxyl groups excluding tert-OH is 1. The molecule has 12 heteroatoms. The Bertz CT molecular complexity index is 1020. The van der Waals surface area contributed by atoms with E-state index in [0.717, 1.165) is 25.7 Å². The average Bonchev–Trinajstić information content (AvgIpc) is 2.89. The second kappa shape index (κ2) is 13.4. The molecule has 9 nitrogen and oxygen atoms in total. The number of carbonyl (C=O) groups is 3. The molecule has 1 fully saturated rings. The summed E-state index contributed by atoms with van der Waals surface area (Å²) in [4.78, 5) is 41.5. The molecule has 218 valence electrons. The minimum atomic E-state index is -4.46. The third kappa shape index (κ3) is 8.74. The lowest BCUT2D eigenvalue weighted by Gasteiger charge is -2.38. The van der Waals surface area contributed by atoms with Crippen LogP contribution < -0.4 is 15.4 Å². The van der Waals surface area contributed by atoms with Gasteiger partial charge in [-0.25, -0.2) is 4.79 Å². The van der Waals surface area contributed by atoms with Gasteiger partial charge in [0.25, 0.3) is 5.91 Å². The molecule has 0 spiro atoms. The molecule has 1 aromatic rings. The Morgan fingerprint density at radius 3 is 2.56 bits per heavy atom. The number of halogens is 3. The van der Waals surface area contributed by atoms with Crippen molar-refractivity contribution in [3.05, 3.63) is 23.8 Å². The Kier molecular flexibility index (Phi) is 10.5. The molecule has 1 saturated carbocycles. The van der Waals surface area contributed by atoms with Crippen molar-refractivity contribution in [3.8, 4) is 5.75 Å². The van der Waals surface area contributed by atoms with Gasteiger partial charge in [-0.1, -0.05) is 26.2 Å². The van der Waals surface area contributed by atoms with Gasteiger partial charge in [0.15, 0.2) is 0 Å². The van der Waals surface area contributed by atoms with Crippen molar-refractivity contribution < 1.29 is 37.4 Å². The molecule has 3 atom stereocenters. The van der Waals surface area contributed by atoms with Gasteiger partial charge in [0, 0.05) is 37.7 Å². The maximum atomic E-state index is 13.5. The molecule has 39 heavy (non-hydrogen) atoms. The number of carbonyl (C=O) groups excluding carboxylic acids is 3. The van der Waals surface area contributed by atoms with Gasteiger partial charge in [-0.05, 0) is 38.0 Å². The number of aliphatic hydroxyl groups is 1. The van der Waals surface area contributed by atoms with Gasteiger partial charge in [-0.3, -0.25) is 9.59 Å². The van der Waals surface area contributed by atoms with E-state index in [1.54, 1.807) is 18.9 Å². The summed E-state index contributed by atoms with van der Waals surface area (Å²) < 4.78 is 43.7. The summed E-state index contributed by atoms with van der Waals surface area (Å²) in [5, 5.41) is 15.3. The first-order chi connectivity index (χ1) is 18.4. The van der Waals surface area contributed by atoms with Crippen molar-refractivity contribution in [1.29, 1.82) is 0 Å². The van der Waals surface area contributed by atoms with Crippen LogP contribution in [-0.2, 0) is 4.79 Å². The predicted octanol–water partition coefficient (Wildman–Crippen LogP) is 4.16. The van der Waals surface area contributed by atoms with Gasteiger partial charge >= 0.3 is 12.2 Å². The number of fused-ring (bicyclic) bond motifs is 1. The predicted molar refractivity (Wildman–Crippen MR) is 140 cm³/mol. The van der Waals surface area contributed by atoms with Crippen LogP contribution in [0.1, 0.15) is 69.2 Å². The molecule has 0 bridgehead atoms. The van der Waals surface area contributed by atoms with Crippen molar-refractivity contribution in [2.24, 2.45) is 5.92 Å². The lowest BCUT2D eigenvalue weighted by atomic mass is 9.96. The Morgan fingerprint density at radius 1 is 1.23 bits per heavy atom. The number of ether oxygens (including phenoxy) is 1. The molecule has 1 aromatic carbocycles. The summed E-state index contributed by atoms with van der Waals surface area (Å²) in [5.74, 6) is -1.25. The van der Waals surface area contributed by atoms with E-state index >= 15 is 0 Å². The van der Waals surface area contributed by atoms with E-state index in [-0.39, 0.29) is 54.7 Å². The van der Waals surface area contributed by atoms with E-state index in [4.69, 9.17) is 4.74 Å². The van der Waals surface area contributed by atoms with Crippen molar-refractivity contribution in [2.45, 2.75) is 83.2 Å². The lowest BCUT2D eigenvalue weighted by molar-refractivity contribution is -0.142. The second-order valence-electron chi connectivity index (χ2n) is 10.7. The molecule has 1 aliphatic heterocycles. The highest BCUT2D eigenvalue weighted by Gasteiger charge is 2.34. The normalized spacial score (nSPS) is 21.2. The van der Waals surface area contributed by atoms with Crippen LogP contribution in [0.3, 0.4) is 0 Å². The molecule has 3 rings (SSSR count). The summed E-state index contributed by atoms with van der Waals surface area (Å²) in [6, 6.07) is 3.74. The highest BCUT2D eigenvalue weighted by molar-refractivity contribution is 5.99. The van der Waals surface area contributed by atoms with E-state index in [9.17, 15) is 32.7 Å². The fourth-order valence-electron chi connectivity index (χ4n) is 4.88. The monoisotopic (exact) mass is 556 g/mol. The Balaban J connectivity index is 1.80. The zero-order valence-electron chi connectivity index (χ0n) is 22.7. The van der Waals surface area contributed by atoms with Gasteiger partial charge in [0.2, 0.25) is 5.91 Å². The van der Waals surface area contributed by atoms with E-state index in [1.165, 1.54) is 29.5 Å². The number of nitrogens with one attached hydrogen (secondary N) is 2. The summed E-state index contributed by atoms with van der Waals surface area (Å²) in [6.07, 6.45) is -1.70. The van der Waals surface area contributed by atoms with Gasteiger partial charge in [0.05, 0.1) is 31.2 Å². The molecule has 0 aromatic heterocycles. The molecule has 4 amide bonds. The molecular weight excluding hydrogens is 517 g/mol. The van der Waals surface area contributed by atoms with Crippen LogP contribution in [0.2, 0.25) is 0 Å². The standard InChI is InChI=1S/C27H39F3N4O5/c1-17-14-34(18(2)16-35)25(37)21-13-20(31-24(36)11-12-27(28,29)30)9-10-22(21)39-23(17)15-33(3)26(38)32-19-7-5-4-6-8-19/h9-10,13,17-19,23,35H,4-8,11-12,14-16H2,1-3H3,(H,31,36)(H,32,38)/t17-,18-,23+/m0/s1. The van der Waals surface area contributed by atoms with Gasteiger partial charge in [0.1, 0.15) is 11.9 Å². The fourth-order valence-corrected chi connectivity index (χ4v) is 4.88. The lowest BCUT2D eigenvalue weighted by Crippen LogP contribution is -2.52. The van der Waals surface area contributed by atoms with E-state index < -0.39 is 43.0 Å². The van der Waals surface area contributed by atoms with Crippen molar-refractivity contribution in [1.82, 2.24) is 15.1 Å². The molecule has 0 radical (unpaired) electrons. The van der Waals surface area contributed by atoms with E-state index in [1.807, 2.05) is 6.92 Å². The number of benzene rings is 1. The van der Waals surface area contributed by atoms with Gasteiger partial charge in [-0.15, -0.1) is 0 Å². The van der Waals surface area contributed by atoms with Crippen LogP contribution in [0, 0.1) is 5.92 Å². The van der Waals surface area contributed by atoms with Crippen LogP contribution in [0.15, 0.2) is 18.2 Å². The fraction of sp³-hybridized carbons (Fsp3) is 0.667. The van der Waals surface area contributed by atoms with Crippen LogP contribution in [0.5, 0.6) is 5.75 Å². The van der Waals surface area contributed by atoms with Crippen molar-refractivity contribution in [2.75, 3.05) is 32.1 Å². The van der Waals surface area contributed by atoms with Crippen molar-refractivity contribution >= 4 is 23.5 Å². The zero-order chi connectivity index (χ0) is 28.7. The number of hydrogen-bond donors (Lipinski definition) is 3. The number of nitrogens with zero attached hydrogens (tertiary/aromatic N) is 2. The first-order valence-electron chi connectivity index (χ1n) is 13.5. The van der Waals surface area contributed by atoms with Crippen LogP contribution >= 0.6 is 0 Å². The summed E-state index contributed by atoms with van der Waals surface area (Å²) in [7, 11) is 1.69. The number of urea groups is 1. The van der Waals surface area contributed by atoms with Gasteiger partial charge < -0.3 is 30.3 Å². The Morgan fingerprint density at radius 2 is 1.92 bits per heavy atom. The first-order valence-corrected chi connectivity index (χ1v) is 13.5. The molecule has 3 N–H and O–H groups in total. The Hall–Kier alpha value is -3.02. The van der Waals surface area contributed by atoms with Crippen LogP contribution in [0.4, 0.5) is 23.7 Å². The average molecular weight is 557 g/mol. The molecule has 1 aliphatic carbocycles. The van der Waals surface area contributed by atoms with Gasteiger partial charge in [-0.2, -0.15) is 13.2 Å². The number of alkyl halides is 3. The molecular formula is C27H39F3N4O5. The summed E-state index contributed by atoms with van der Waals surface area (Å²) in [6.45, 7) is 3.81. The Labute approximate surface area is 227 Å². The number of amides is 4. The summed E-state index contributed by atoms with van der Waals surface area (Å²) in [5.41, 5.74) is 0.263. The van der Waals surface area contributed by atoms with E-state index in [2.05, 4.69) is 10.6 Å². The summed E-state index contributed by atoms with van der Waals surface area (Å²) >= 11 is 0. The van der Waals surface area contributed by atoms with Crippen molar-refractivity contribution in [3.63, 3.8) is 0 Å². The quantitative estimate of drug-likeness (QED) is 0.445.